The van der Waals surface area contributed by atoms with Gasteiger partial charge in [-0.05, 0) is 25.7 Å². The SMILES string of the molecule is CCCCc1ncc(CNC2CC2)s1. The molecule has 78 valence electrons. The van der Waals surface area contributed by atoms with Gasteiger partial charge >= 0.3 is 0 Å². The Hall–Kier alpha value is -0.410. The van der Waals surface area contributed by atoms with Crippen molar-refractivity contribution < 1.29 is 0 Å². The van der Waals surface area contributed by atoms with Gasteiger partial charge in [-0.3, -0.25) is 0 Å². The first-order valence-corrected chi connectivity index (χ1v) is 6.37. The molecular formula is C11H18N2S. The van der Waals surface area contributed by atoms with E-state index < -0.39 is 0 Å². The van der Waals surface area contributed by atoms with Crippen molar-refractivity contribution in [2.45, 2.75) is 51.6 Å². The topological polar surface area (TPSA) is 24.9 Å². The molecule has 0 bridgehead atoms. The normalized spacial score (nSPS) is 16.1. The number of aromatic nitrogens is 1. The van der Waals surface area contributed by atoms with E-state index in [9.17, 15) is 0 Å². The molecule has 0 saturated heterocycles. The molecule has 0 aliphatic heterocycles. The first kappa shape index (κ1) is 10.1. The standard InChI is InChI=1S/C11H18N2S/c1-2-3-4-11-13-8-10(14-11)7-12-9-5-6-9/h8-9,12H,2-7H2,1H3. The highest BCUT2D eigenvalue weighted by atomic mass is 32.1. The molecule has 0 unspecified atom stereocenters. The summed E-state index contributed by atoms with van der Waals surface area (Å²) in [6.45, 7) is 3.25. The second-order valence-electron chi connectivity index (χ2n) is 3.98. The van der Waals surface area contributed by atoms with E-state index in [0.717, 1.165) is 19.0 Å². The van der Waals surface area contributed by atoms with Crippen molar-refractivity contribution in [3.8, 4) is 0 Å². The number of hydrogen-bond acceptors (Lipinski definition) is 3. The third-order valence-electron chi connectivity index (χ3n) is 2.49. The van der Waals surface area contributed by atoms with Crippen LogP contribution in [0, 0.1) is 0 Å². The van der Waals surface area contributed by atoms with Crippen molar-refractivity contribution in [2.75, 3.05) is 0 Å². The van der Waals surface area contributed by atoms with E-state index in [0.29, 0.717) is 0 Å². The van der Waals surface area contributed by atoms with Gasteiger partial charge < -0.3 is 5.32 Å². The van der Waals surface area contributed by atoms with Gasteiger partial charge in [0.2, 0.25) is 0 Å². The summed E-state index contributed by atoms with van der Waals surface area (Å²) in [5.41, 5.74) is 0. The molecule has 2 nitrogen and oxygen atoms in total. The summed E-state index contributed by atoms with van der Waals surface area (Å²) in [6.07, 6.45) is 8.44. The first-order chi connectivity index (χ1) is 6.88. The average molecular weight is 210 g/mol. The molecule has 0 spiro atoms. The monoisotopic (exact) mass is 210 g/mol. The van der Waals surface area contributed by atoms with E-state index in [2.05, 4.69) is 17.2 Å². The van der Waals surface area contributed by atoms with Gasteiger partial charge in [0, 0.05) is 23.7 Å². The van der Waals surface area contributed by atoms with Crippen LogP contribution in [0.5, 0.6) is 0 Å². The number of nitrogens with one attached hydrogen (secondary N) is 1. The zero-order valence-electron chi connectivity index (χ0n) is 8.75. The lowest BCUT2D eigenvalue weighted by Crippen LogP contribution is -2.14. The van der Waals surface area contributed by atoms with Crippen molar-refractivity contribution in [1.29, 1.82) is 0 Å². The van der Waals surface area contributed by atoms with Crippen LogP contribution in [0.1, 0.15) is 42.5 Å². The predicted molar refractivity (Wildman–Crippen MR) is 60.6 cm³/mol. The molecule has 14 heavy (non-hydrogen) atoms. The molecule has 3 heteroatoms. The molecule has 1 saturated carbocycles. The Bertz CT molecular complexity index is 279. The van der Waals surface area contributed by atoms with Crippen LogP contribution >= 0.6 is 11.3 Å². The lowest BCUT2D eigenvalue weighted by molar-refractivity contribution is 0.694. The quantitative estimate of drug-likeness (QED) is 0.781. The zero-order valence-corrected chi connectivity index (χ0v) is 9.57. The van der Waals surface area contributed by atoms with Crippen LogP contribution in [0.25, 0.3) is 0 Å². The summed E-state index contributed by atoms with van der Waals surface area (Å²) in [7, 11) is 0. The Morgan fingerprint density at radius 1 is 1.57 bits per heavy atom. The van der Waals surface area contributed by atoms with Crippen molar-refractivity contribution in [2.24, 2.45) is 0 Å². The van der Waals surface area contributed by atoms with Crippen molar-refractivity contribution in [3.63, 3.8) is 0 Å². The Morgan fingerprint density at radius 3 is 3.14 bits per heavy atom. The molecular weight excluding hydrogens is 192 g/mol. The first-order valence-electron chi connectivity index (χ1n) is 5.55. The zero-order chi connectivity index (χ0) is 9.80. The lowest BCUT2D eigenvalue weighted by Gasteiger charge is -1.97. The van der Waals surface area contributed by atoms with Crippen molar-refractivity contribution in [3.05, 3.63) is 16.1 Å². The second-order valence-corrected chi connectivity index (χ2v) is 5.18. The molecule has 2 rings (SSSR count). The van der Waals surface area contributed by atoms with Gasteiger partial charge in [-0.25, -0.2) is 4.98 Å². The fourth-order valence-corrected chi connectivity index (χ4v) is 2.32. The van der Waals surface area contributed by atoms with Gasteiger partial charge in [-0.1, -0.05) is 13.3 Å². The van der Waals surface area contributed by atoms with Crippen LogP contribution in [0.3, 0.4) is 0 Å². The molecule has 1 aliphatic carbocycles. The number of nitrogens with zero attached hydrogens (tertiary/aromatic N) is 1. The summed E-state index contributed by atoms with van der Waals surface area (Å²) in [5.74, 6) is 0. The van der Waals surface area contributed by atoms with Gasteiger partial charge in [0.25, 0.3) is 0 Å². The Balaban J connectivity index is 1.76. The summed E-state index contributed by atoms with van der Waals surface area (Å²) in [4.78, 5) is 5.82. The number of rotatable bonds is 6. The van der Waals surface area contributed by atoms with Gasteiger partial charge in [-0.2, -0.15) is 0 Å². The largest absolute Gasteiger partial charge is 0.309 e. The molecule has 1 aromatic heterocycles. The molecule has 1 aromatic rings. The predicted octanol–water partition coefficient (Wildman–Crippen LogP) is 2.74. The molecule has 0 atom stereocenters. The van der Waals surface area contributed by atoms with Crippen LogP contribution < -0.4 is 5.32 Å². The van der Waals surface area contributed by atoms with Crippen LogP contribution in [0.15, 0.2) is 6.20 Å². The smallest absolute Gasteiger partial charge is 0.0928 e. The molecule has 1 heterocycles. The minimum atomic E-state index is 0.802. The van der Waals surface area contributed by atoms with Crippen molar-refractivity contribution >= 4 is 11.3 Å². The van der Waals surface area contributed by atoms with E-state index in [1.54, 1.807) is 0 Å². The maximum absolute atomic E-state index is 4.43. The summed E-state index contributed by atoms with van der Waals surface area (Å²) < 4.78 is 0. The van der Waals surface area contributed by atoms with E-state index in [1.807, 2.05) is 17.5 Å². The number of aryl methyl sites for hydroxylation is 1. The third-order valence-corrected chi connectivity index (χ3v) is 3.55. The number of hydrogen-bond donors (Lipinski definition) is 1. The van der Waals surface area contributed by atoms with E-state index in [-0.39, 0.29) is 0 Å². The Morgan fingerprint density at radius 2 is 2.43 bits per heavy atom. The van der Waals surface area contributed by atoms with E-state index in [1.165, 1.54) is 35.6 Å². The Labute approximate surface area is 89.8 Å². The molecule has 0 amide bonds. The fraction of sp³-hybridized carbons (Fsp3) is 0.727. The minimum absolute atomic E-state index is 0.802. The van der Waals surface area contributed by atoms with Gasteiger partial charge in [0.05, 0.1) is 5.01 Å². The van der Waals surface area contributed by atoms with Crippen LogP contribution in [0.4, 0.5) is 0 Å². The molecule has 0 radical (unpaired) electrons. The molecule has 1 N–H and O–H groups in total. The highest BCUT2D eigenvalue weighted by molar-refractivity contribution is 7.11. The van der Waals surface area contributed by atoms with E-state index in [4.69, 9.17) is 0 Å². The maximum atomic E-state index is 4.43. The van der Waals surface area contributed by atoms with Crippen molar-refractivity contribution in [1.82, 2.24) is 10.3 Å². The molecule has 0 aromatic carbocycles. The van der Waals surface area contributed by atoms with Gasteiger partial charge in [-0.15, -0.1) is 11.3 Å². The fourth-order valence-electron chi connectivity index (χ4n) is 1.41. The van der Waals surface area contributed by atoms with Crippen LogP contribution in [0.2, 0.25) is 0 Å². The van der Waals surface area contributed by atoms with Crippen LogP contribution in [-0.4, -0.2) is 11.0 Å². The van der Waals surface area contributed by atoms with E-state index >= 15 is 0 Å². The minimum Gasteiger partial charge on any atom is -0.309 e. The summed E-state index contributed by atoms with van der Waals surface area (Å²) >= 11 is 1.87. The number of thiazole rings is 1. The maximum Gasteiger partial charge on any atom is 0.0928 e. The second kappa shape index (κ2) is 4.89. The summed E-state index contributed by atoms with van der Waals surface area (Å²) in [6, 6.07) is 0.802. The molecule has 1 aliphatic rings. The molecule has 1 fully saturated rings. The highest BCUT2D eigenvalue weighted by Gasteiger charge is 2.20. The highest BCUT2D eigenvalue weighted by Crippen LogP contribution is 2.21. The third kappa shape index (κ3) is 3.07. The average Bonchev–Trinajstić information content (AvgIpc) is 2.92. The van der Waals surface area contributed by atoms with Crippen LogP contribution in [-0.2, 0) is 13.0 Å². The summed E-state index contributed by atoms with van der Waals surface area (Å²) in [5, 5.41) is 4.82. The van der Waals surface area contributed by atoms with Gasteiger partial charge in [0.1, 0.15) is 0 Å². The Kier molecular flexibility index (Phi) is 3.54. The number of unbranched alkanes of at least 4 members (excludes halogenated alkanes) is 1. The van der Waals surface area contributed by atoms with Gasteiger partial charge in [0.15, 0.2) is 0 Å². The lowest BCUT2D eigenvalue weighted by atomic mass is 10.3.